The molecule has 0 N–H and O–H groups in total. The molecule has 200 valence electrons. The molecule has 0 saturated carbocycles. The van der Waals surface area contributed by atoms with Gasteiger partial charge in [-0.3, -0.25) is 0 Å². The van der Waals surface area contributed by atoms with Gasteiger partial charge in [0, 0.05) is 47.6 Å². The number of nitrogens with zero attached hydrogens (tertiary/aromatic N) is 3. The second-order valence-electron chi connectivity index (χ2n) is 11.2. The van der Waals surface area contributed by atoms with Gasteiger partial charge in [0.2, 0.25) is 0 Å². The molecule has 4 heterocycles. The molecule has 0 atom stereocenters. The Morgan fingerprint density at radius 3 is 2.16 bits per heavy atom. The lowest BCUT2D eigenvalue weighted by Crippen LogP contribution is -1.97. The molecule has 4 heteroatoms. The van der Waals surface area contributed by atoms with Crippen LogP contribution in [-0.2, 0) is 0 Å². The molecular formula is C39H23N3S. The van der Waals surface area contributed by atoms with Crippen molar-refractivity contribution in [3.8, 4) is 16.9 Å². The van der Waals surface area contributed by atoms with Gasteiger partial charge in [-0.15, -0.1) is 11.3 Å². The van der Waals surface area contributed by atoms with Gasteiger partial charge in [-0.25, -0.2) is 4.98 Å². The van der Waals surface area contributed by atoms with Gasteiger partial charge >= 0.3 is 0 Å². The summed E-state index contributed by atoms with van der Waals surface area (Å²) in [7, 11) is 0. The van der Waals surface area contributed by atoms with Crippen LogP contribution >= 0.6 is 11.3 Å². The van der Waals surface area contributed by atoms with Crippen molar-refractivity contribution in [2.45, 2.75) is 0 Å². The summed E-state index contributed by atoms with van der Waals surface area (Å²) in [6.07, 6.45) is 0. The van der Waals surface area contributed by atoms with Crippen molar-refractivity contribution in [1.29, 1.82) is 0 Å². The summed E-state index contributed by atoms with van der Waals surface area (Å²) in [5.74, 6) is 0. The van der Waals surface area contributed by atoms with E-state index in [1.54, 1.807) is 0 Å². The van der Waals surface area contributed by atoms with Crippen LogP contribution in [0.15, 0.2) is 140 Å². The Labute approximate surface area is 250 Å². The molecule has 0 aliphatic heterocycles. The van der Waals surface area contributed by atoms with Gasteiger partial charge < -0.3 is 8.97 Å². The molecule has 0 aliphatic rings. The third kappa shape index (κ3) is 3.21. The minimum atomic E-state index is 0.986. The second kappa shape index (κ2) is 8.54. The van der Waals surface area contributed by atoms with Crippen molar-refractivity contribution < 1.29 is 0 Å². The zero-order chi connectivity index (χ0) is 28.1. The van der Waals surface area contributed by atoms with E-state index in [4.69, 9.17) is 4.98 Å². The molecule has 0 spiro atoms. The van der Waals surface area contributed by atoms with E-state index in [1.165, 1.54) is 52.9 Å². The van der Waals surface area contributed by atoms with Crippen molar-refractivity contribution in [3.05, 3.63) is 140 Å². The minimum absolute atomic E-state index is 0.986. The third-order valence-corrected chi connectivity index (χ3v) is 9.99. The van der Waals surface area contributed by atoms with Crippen molar-refractivity contribution >= 4 is 80.8 Å². The molecule has 10 aromatic rings. The molecular weight excluding hydrogens is 543 g/mol. The minimum Gasteiger partial charge on any atom is -0.309 e. The number of benzene rings is 6. The largest absolute Gasteiger partial charge is 0.309 e. The number of aromatic nitrogens is 3. The summed E-state index contributed by atoms with van der Waals surface area (Å²) in [5.41, 5.74) is 10.1. The third-order valence-electron chi connectivity index (χ3n) is 8.86. The van der Waals surface area contributed by atoms with Crippen molar-refractivity contribution in [2.75, 3.05) is 0 Å². The first-order valence-corrected chi connectivity index (χ1v) is 15.4. The number of rotatable bonds is 2. The molecule has 6 aromatic carbocycles. The average Bonchev–Trinajstić information content (AvgIpc) is 3.73. The van der Waals surface area contributed by atoms with Crippen LogP contribution in [0.2, 0.25) is 0 Å². The molecule has 0 fully saturated rings. The Bertz CT molecular complexity index is 2740. The van der Waals surface area contributed by atoms with E-state index < -0.39 is 0 Å². The highest BCUT2D eigenvalue weighted by molar-refractivity contribution is 7.25. The molecule has 0 saturated heterocycles. The summed E-state index contributed by atoms with van der Waals surface area (Å²) >= 11 is 1.87. The summed E-state index contributed by atoms with van der Waals surface area (Å²) < 4.78 is 7.44. The van der Waals surface area contributed by atoms with E-state index in [2.05, 4.69) is 148 Å². The highest BCUT2D eigenvalue weighted by Crippen LogP contribution is 2.41. The number of thiophene rings is 1. The lowest BCUT2D eigenvalue weighted by Gasteiger charge is -2.12. The van der Waals surface area contributed by atoms with Crippen LogP contribution in [0.3, 0.4) is 0 Å². The number of para-hydroxylation sites is 4. The van der Waals surface area contributed by atoms with Crippen molar-refractivity contribution in [3.63, 3.8) is 0 Å². The fourth-order valence-electron chi connectivity index (χ4n) is 6.98. The molecule has 43 heavy (non-hydrogen) atoms. The van der Waals surface area contributed by atoms with Crippen LogP contribution in [0.1, 0.15) is 0 Å². The first-order valence-electron chi connectivity index (χ1n) is 14.6. The Kier molecular flexibility index (Phi) is 4.60. The van der Waals surface area contributed by atoms with E-state index in [1.807, 2.05) is 11.3 Å². The van der Waals surface area contributed by atoms with Crippen LogP contribution < -0.4 is 0 Å². The number of hydrogen-bond acceptors (Lipinski definition) is 2. The fourth-order valence-corrected chi connectivity index (χ4v) is 8.11. The van der Waals surface area contributed by atoms with Gasteiger partial charge in [0.15, 0.2) is 0 Å². The lowest BCUT2D eigenvalue weighted by molar-refractivity contribution is 1.18. The normalized spacial score (nSPS) is 12.2. The van der Waals surface area contributed by atoms with Gasteiger partial charge in [0.25, 0.3) is 0 Å². The predicted molar refractivity (Wildman–Crippen MR) is 183 cm³/mol. The van der Waals surface area contributed by atoms with Gasteiger partial charge in [-0.05, 0) is 60.7 Å². The first-order chi connectivity index (χ1) is 21.3. The zero-order valence-corrected chi connectivity index (χ0v) is 23.8. The molecule has 0 amide bonds. The number of hydrogen-bond donors (Lipinski definition) is 0. The molecule has 0 aliphatic carbocycles. The van der Waals surface area contributed by atoms with Crippen molar-refractivity contribution in [1.82, 2.24) is 14.0 Å². The Hall–Kier alpha value is -5.45. The standard InChI is InChI=1S/C39H23N3S/c1-5-16-32-24(10-1)21-36-39(40-31-15-4-7-18-34(31)42(32)36)25-11-9-12-26(20-25)41-33-17-6-2-13-27(33)29-23-38-30(22-35(29)41)28-14-3-8-19-37(28)43-38/h1-23H. The van der Waals surface area contributed by atoms with Crippen LogP contribution in [0.4, 0.5) is 0 Å². The monoisotopic (exact) mass is 565 g/mol. The first kappa shape index (κ1) is 23.1. The maximum absolute atomic E-state index is 5.26. The molecule has 3 nitrogen and oxygen atoms in total. The summed E-state index contributed by atoms with van der Waals surface area (Å²) in [4.78, 5) is 5.26. The summed E-state index contributed by atoms with van der Waals surface area (Å²) in [5, 5.41) is 6.40. The van der Waals surface area contributed by atoms with Crippen LogP contribution in [-0.4, -0.2) is 14.0 Å². The van der Waals surface area contributed by atoms with Gasteiger partial charge in [-0.1, -0.05) is 78.9 Å². The topological polar surface area (TPSA) is 22.2 Å². The maximum Gasteiger partial charge on any atom is 0.0951 e. The highest BCUT2D eigenvalue weighted by Gasteiger charge is 2.18. The Balaban J connectivity index is 1.28. The average molecular weight is 566 g/mol. The van der Waals surface area contributed by atoms with E-state index >= 15 is 0 Å². The number of fused-ring (bicyclic) bond motifs is 11. The lowest BCUT2D eigenvalue weighted by atomic mass is 10.1. The Morgan fingerprint density at radius 2 is 1.23 bits per heavy atom. The van der Waals surface area contributed by atoms with Crippen molar-refractivity contribution in [2.24, 2.45) is 0 Å². The van der Waals surface area contributed by atoms with E-state index in [-0.39, 0.29) is 0 Å². The van der Waals surface area contributed by atoms with Gasteiger partial charge in [0.1, 0.15) is 0 Å². The van der Waals surface area contributed by atoms with E-state index in [9.17, 15) is 0 Å². The van der Waals surface area contributed by atoms with Crippen LogP contribution in [0, 0.1) is 0 Å². The Morgan fingerprint density at radius 1 is 0.465 bits per heavy atom. The van der Waals surface area contributed by atoms with Gasteiger partial charge in [0.05, 0.1) is 38.8 Å². The summed E-state index contributed by atoms with van der Waals surface area (Å²) in [6, 6.07) is 50.5. The van der Waals surface area contributed by atoms with E-state index in [0.717, 1.165) is 33.5 Å². The molecule has 0 bridgehead atoms. The fraction of sp³-hybridized carbons (Fsp3) is 0. The smallest absolute Gasteiger partial charge is 0.0951 e. The summed E-state index contributed by atoms with van der Waals surface area (Å²) in [6.45, 7) is 0. The molecule has 10 rings (SSSR count). The molecule has 0 unspecified atom stereocenters. The quantitative estimate of drug-likeness (QED) is 0.204. The highest BCUT2D eigenvalue weighted by atomic mass is 32.1. The van der Waals surface area contributed by atoms with Crippen LogP contribution in [0.25, 0.3) is 86.4 Å². The maximum atomic E-state index is 5.26. The predicted octanol–water partition coefficient (Wildman–Crippen LogP) is 10.8. The van der Waals surface area contributed by atoms with Gasteiger partial charge in [-0.2, -0.15) is 0 Å². The SMILES string of the molecule is c1cc(-c2nc3ccccc3n3c2cc2ccccc23)cc(-n2c3ccccc3c3cc4sc5ccccc5c4cc32)c1. The zero-order valence-electron chi connectivity index (χ0n) is 23.0. The van der Waals surface area contributed by atoms with Crippen LogP contribution in [0.5, 0.6) is 0 Å². The van der Waals surface area contributed by atoms with E-state index in [0.29, 0.717) is 0 Å². The molecule has 0 radical (unpaired) electrons. The molecule has 4 aromatic heterocycles. The second-order valence-corrected chi connectivity index (χ2v) is 12.3.